The van der Waals surface area contributed by atoms with Gasteiger partial charge in [0.1, 0.15) is 5.82 Å². The van der Waals surface area contributed by atoms with E-state index in [0.29, 0.717) is 16.5 Å². The summed E-state index contributed by atoms with van der Waals surface area (Å²) in [4.78, 5) is 38.8. The monoisotopic (exact) mass is 376 g/mol. The second-order valence-corrected chi connectivity index (χ2v) is 6.60. The van der Waals surface area contributed by atoms with E-state index in [4.69, 9.17) is 0 Å². The largest absolute Gasteiger partial charge is 0.324 e. The lowest BCUT2D eigenvalue weighted by Crippen LogP contribution is -2.41. The minimum absolute atomic E-state index is 0.0667. The summed E-state index contributed by atoms with van der Waals surface area (Å²) in [6.07, 6.45) is 0.354. The Labute approximate surface area is 160 Å². The van der Waals surface area contributed by atoms with Crippen LogP contribution in [0.1, 0.15) is 33.6 Å². The van der Waals surface area contributed by atoms with Crippen molar-refractivity contribution in [1.29, 1.82) is 0 Å². The molecule has 1 aliphatic rings. The molecule has 3 amide bonds. The first-order valence-electron chi connectivity index (χ1n) is 8.98. The first-order valence-corrected chi connectivity index (χ1v) is 8.98. The first-order chi connectivity index (χ1) is 13.6. The number of hydrogen-bond acceptors (Lipinski definition) is 3. The number of halogens is 1. The molecule has 4 rings (SSSR count). The van der Waals surface area contributed by atoms with Gasteiger partial charge in [0, 0.05) is 29.5 Å². The van der Waals surface area contributed by atoms with Gasteiger partial charge < -0.3 is 5.32 Å². The normalized spacial score (nSPS) is 13.1. The Bertz CT molecular complexity index is 1060. The van der Waals surface area contributed by atoms with Crippen LogP contribution >= 0.6 is 0 Å². The van der Waals surface area contributed by atoms with Crippen molar-refractivity contribution in [2.75, 3.05) is 11.9 Å². The zero-order chi connectivity index (χ0) is 19.7. The molecule has 140 valence electrons. The van der Waals surface area contributed by atoms with Gasteiger partial charge in [-0.2, -0.15) is 0 Å². The SMILES string of the molecule is O=C(CCCN1C(=O)c2cccc3cccc(c23)C1=O)Nc1ccccc1F. The lowest BCUT2D eigenvalue weighted by molar-refractivity contribution is -0.116. The van der Waals surface area contributed by atoms with Crippen LogP contribution in [0, 0.1) is 5.82 Å². The highest BCUT2D eigenvalue weighted by Crippen LogP contribution is 2.30. The summed E-state index contributed by atoms with van der Waals surface area (Å²) in [6, 6.07) is 16.6. The summed E-state index contributed by atoms with van der Waals surface area (Å²) in [5.74, 6) is -1.60. The van der Waals surface area contributed by atoms with E-state index in [-0.39, 0.29) is 42.8 Å². The van der Waals surface area contributed by atoms with Gasteiger partial charge >= 0.3 is 0 Å². The van der Waals surface area contributed by atoms with Gasteiger partial charge in [-0.15, -0.1) is 0 Å². The van der Waals surface area contributed by atoms with E-state index < -0.39 is 5.82 Å². The van der Waals surface area contributed by atoms with Crippen LogP contribution in [0.5, 0.6) is 0 Å². The lowest BCUT2D eigenvalue weighted by Gasteiger charge is -2.27. The molecule has 1 aliphatic heterocycles. The number of benzene rings is 3. The van der Waals surface area contributed by atoms with Crippen LogP contribution in [0.3, 0.4) is 0 Å². The van der Waals surface area contributed by atoms with E-state index in [2.05, 4.69) is 5.32 Å². The first kappa shape index (κ1) is 17.9. The average molecular weight is 376 g/mol. The maximum absolute atomic E-state index is 13.6. The number of imide groups is 1. The second-order valence-electron chi connectivity index (χ2n) is 6.60. The molecule has 1 heterocycles. The van der Waals surface area contributed by atoms with Gasteiger partial charge in [-0.05, 0) is 36.1 Å². The molecular formula is C22H17FN2O3. The van der Waals surface area contributed by atoms with Gasteiger partial charge in [-0.3, -0.25) is 19.3 Å². The van der Waals surface area contributed by atoms with E-state index in [1.54, 1.807) is 30.3 Å². The number of para-hydroxylation sites is 1. The van der Waals surface area contributed by atoms with Crippen LogP contribution < -0.4 is 5.32 Å². The van der Waals surface area contributed by atoms with Crippen molar-refractivity contribution in [3.05, 3.63) is 77.6 Å². The van der Waals surface area contributed by atoms with Crippen molar-refractivity contribution in [3.63, 3.8) is 0 Å². The Balaban J connectivity index is 1.45. The maximum Gasteiger partial charge on any atom is 0.261 e. The Morgan fingerprint density at radius 3 is 2.18 bits per heavy atom. The van der Waals surface area contributed by atoms with Crippen molar-refractivity contribution >= 4 is 34.2 Å². The third-order valence-electron chi connectivity index (χ3n) is 4.79. The number of carbonyl (C=O) groups is 3. The predicted molar refractivity (Wildman–Crippen MR) is 104 cm³/mol. The van der Waals surface area contributed by atoms with E-state index in [1.165, 1.54) is 23.1 Å². The van der Waals surface area contributed by atoms with Gasteiger partial charge in [-0.25, -0.2) is 4.39 Å². The van der Waals surface area contributed by atoms with Crippen LogP contribution in [0.15, 0.2) is 60.7 Å². The highest BCUT2D eigenvalue weighted by molar-refractivity contribution is 6.25. The summed E-state index contributed by atoms with van der Waals surface area (Å²) in [7, 11) is 0. The van der Waals surface area contributed by atoms with Crippen molar-refractivity contribution in [1.82, 2.24) is 4.90 Å². The zero-order valence-corrected chi connectivity index (χ0v) is 14.9. The van der Waals surface area contributed by atoms with Crippen LogP contribution in [-0.2, 0) is 4.79 Å². The summed E-state index contributed by atoms with van der Waals surface area (Å²) in [5.41, 5.74) is 1.09. The smallest absolute Gasteiger partial charge is 0.261 e. The molecule has 0 aromatic heterocycles. The van der Waals surface area contributed by atoms with Crippen LogP contribution in [-0.4, -0.2) is 29.2 Å². The predicted octanol–water partition coefficient (Wildman–Crippen LogP) is 3.99. The number of amides is 3. The Kier molecular flexibility index (Phi) is 4.61. The third kappa shape index (κ3) is 3.13. The number of nitrogens with zero attached hydrogens (tertiary/aromatic N) is 1. The quantitative estimate of drug-likeness (QED) is 0.685. The number of nitrogens with one attached hydrogen (secondary N) is 1. The number of rotatable bonds is 5. The molecule has 0 fully saturated rings. The topological polar surface area (TPSA) is 66.5 Å². The molecule has 5 nitrogen and oxygen atoms in total. The number of carbonyl (C=O) groups excluding carboxylic acids is 3. The average Bonchev–Trinajstić information content (AvgIpc) is 2.70. The number of hydrogen-bond donors (Lipinski definition) is 1. The molecule has 0 bridgehead atoms. The molecule has 3 aromatic carbocycles. The fourth-order valence-corrected chi connectivity index (χ4v) is 3.46. The molecule has 0 unspecified atom stereocenters. The maximum atomic E-state index is 13.6. The van der Waals surface area contributed by atoms with E-state index in [0.717, 1.165) is 5.39 Å². The zero-order valence-electron chi connectivity index (χ0n) is 14.9. The summed E-state index contributed by atoms with van der Waals surface area (Å²) in [6.45, 7) is 0.118. The van der Waals surface area contributed by atoms with E-state index >= 15 is 0 Å². The van der Waals surface area contributed by atoms with Gasteiger partial charge in [0.15, 0.2) is 0 Å². The van der Waals surface area contributed by atoms with Crippen LogP contribution in [0.25, 0.3) is 10.8 Å². The van der Waals surface area contributed by atoms with E-state index in [1.807, 2.05) is 12.1 Å². The molecular weight excluding hydrogens is 359 g/mol. The highest BCUT2D eigenvalue weighted by Gasteiger charge is 2.32. The highest BCUT2D eigenvalue weighted by atomic mass is 19.1. The molecule has 3 aromatic rings. The minimum atomic E-state index is -0.512. The third-order valence-corrected chi connectivity index (χ3v) is 4.79. The minimum Gasteiger partial charge on any atom is -0.324 e. The van der Waals surface area contributed by atoms with Crippen molar-refractivity contribution in [2.24, 2.45) is 0 Å². The lowest BCUT2D eigenvalue weighted by atomic mass is 9.94. The molecule has 0 radical (unpaired) electrons. The summed E-state index contributed by atoms with van der Waals surface area (Å²) < 4.78 is 13.6. The fraction of sp³-hybridized carbons (Fsp3) is 0.136. The molecule has 0 saturated heterocycles. The fourth-order valence-electron chi connectivity index (χ4n) is 3.46. The Hall–Kier alpha value is -3.54. The molecule has 0 aliphatic carbocycles. The van der Waals surface area contributed by atoms with Crippen molar-refractivity contribution < 1.29 is 18.8 Å². The molecule has 1 N–H and O–H groups in total. The van der Waals surface area contributed by atoms with Crippen LogP contribution in [0.2, 0.25) is 0 Å². The van der Waals surface area contributed by atoms with Gasteiger partial charge in [0.05, 0.1) is 5.69 Å². The summed E-state index contributed by atoms with van der Waals surface area (Å²) >= 11 is 0. The van der Waals surface area contributed by atoms with Crippen molar-refractivity contribution in [3.8, 4) is 0 Å². The second kappa shape index (κ2) is 7.23. The van der Waals surface area contributed by atoms with Gasteiger partial charge in [0.2, 0.25) is 5.91 Å². The molecule has 28 heavy (non-hydrogen) atoms. The van der Waals surface area contributed by atoms with Crippen LogP contribution in [0.4, 0.5) is 10.1 Å². The summed E-state index contributed by atoms with van der Waals surface area (Å²) in [5, 5.41) is 4.02. The van der Waals surface area contributed by atoms with E-state index in [9.17, 15) is 18.8 Å². The molecule has 0 atom stereocenters. The number of anilines is 1. The van der Waals surface area contributed by atoms with Crippen molar-refractivity contribution in [2.45, 2.75) is 12.8 Å². The molecule has 6 heteroatoms. The Morgan fingerprint density at radius 1 is 0.893 bits per heavy atom. The molecule has 0 saturated carbocycles. The molecule has 0 spiro atoms. The van der Waals surface area contributed by atoms with Gasteiger partial charge in [-0.1, -0.05) is 36.4 Å². The standard InChI is InChI=1S/C22H17FN2O3/c23-17-10-1-2-11-18(17)24-19(26)12-5-13-25-21(27)15-8-3-6-14-7-4-9-16(20(14)15)22(25)28/h1-4,6-11H,5,12-13H2,(H,24,26). The Morgan fingerprint density at radius 2 is 1.54 bits per heavy atom. The van der Waals surface area contributed by atoms with Gasteiger partial charge in [0.25, 0.3) is 11.8 Å².